The Morgan fingerprint density at radius 2 is 1.66 bits per heavy atom. The van der Waals surface area contributed by atoms with E-state index in [1.165, 1.54) is 12.1 Å². The second-order valence-electron chi connectivity index (χ2n) is 6.91. The highest BCUT2D eigenvalue weighted by atomic mass is 19.1. The van der Waals surface area contributed by atoms with Crippen LogP contribution in [0.3, 0.4) is 0 Å². The lowest BCUT2D eigenvalue weighted by molar-refractivity contribution is -0.123. The third-order valence-electron chi connectivity index (χ3n) is 4.99. The van der Waals surface area contributed by atoms with Crippen molar-refractivity contribution in [2.45, 2.75) is 33.1 Å². The largest absolute Gasteiger partial charge is 0.318 e. The number of nitrogens with one attached hydrogen (secondary N) is 2. The quantitative estimate of drug-likeness (QED) is 0.639. The summed E-state index contributed by atoms with van der Waals surface area (Å²) in [7, 11) is 0. The molecule has 5 nitrogen and oxygen atoms in total. The normalized spacial score (nSPS) is 11.7. The maximum Gasteiger partial charge on any atom is 0.271 e. The summed E-state index contributed by atoms with van der Waals surface area (Å²) in [5.74, 6) is -1.33. The van der Waals surface area contributed by atoms with Gasteiger partial charge in [0.05, 0.1) is 11.5 Å². The SMILES string of the molecule is CCC(C(=O)NNC(=O)c1cc(C)n(-c2ccc(F)cc2)c1C)c1ccccc1. The highest BCUT2D eigenvalue weighted by Crippen LogP contribution is 2.21. The predicted molar refractivity (Wildman–Crippen MR) is 110 cm³/mol. The first-order valence-corrected chi connectivity index (χ1v) is 9.52. The monoisotopic (exact) mass is 393 g/mol. The molecule has 1 unspecified atom stereocenters. The van der Waals surface area contributed by atoms with Gasteiger partial charge in [0.25, 0.3) is 5.91 Å². The Morgan fingerprint density at radius 3 is 2.28 bits per heavy atom. The second-order valence-corrected chi connectivity index (χ2v) is 6.91. The molecule has 0 aliphatic carbocycles. The van der Waals surface area contributed by atoms with E-state index in [2.05, 4.69) is 10.9 Å². The number of aromatic nitrogens is 1. The molecule has 1 aromatic heterocycles. The Kier molecular flexibility index (Phi) is 6.12. The molecule has 2 amide bonds. The van der Waals surface area contributed by atoms with Crippen LogP contribution in [0.25, 0.3) is 5.69 Å². The van der Waals surface area contributed by atoms with Crippen LogP contribution < -0.4 is 10.9 Å². The van der Waals surface area contributed by atoms with Gasteiger partial charge in [0.15, 0.2) is 0 Å². The number of aryl methyl sites for hydroxylation is 1. The van der Waals surface area contributed by atoms with Gasteiger partial charge >= 0.3 is 0 Å². The smallest absolute Gasteiger partial charge is 0.271 e. The van der Waals surface area contributed by atoms with Gasteiger partial charge in [-0.2, -0.15) is 0 Å². The Balaban J connectivity index is 1.73. The van der Waals surface area contributed by atoms with Crippen LogP contribution in [0, 0.1) is 19.7 Å². The fourth-order valence-corrected chi connectivity index (χ4v) is 3.51. The average Bonchev–Trinajstić information content (AvgIpc) is 3.02. The van der Waals surface area contributed by atoms with Crippen LogP contribution in [-0.4, -0.2) is 16.4 Å². The molecule has 1 heterocycles. The van der Waals surface area contributed by atoms with E-state index in [9.17, 15) is 14.0 Å². The molecule has 29 heavy (non-hydrogen) atoms. The molecule has 6 heteroatoms. The van der Waals surface area contributed by atoms with Crippen LogP contribution in [0.4, 0.5) is 4.39 Å². The molecule has 0 aliphatic rings. The molecule has 0 fully saturated rings. The molecule has 0 bridgehead atoms. The first kappa shape index (κ1) is 20.3. The minimum Gasteiger partial charge on any atom is -0.318 e. The van der Waals surface area contributed by atoms with E-state index in [1.807, 2.05) is 55.7 Å². The first-order chi connectivity index (χ1) is 13.9. The number of nitrogens with zero attached hydrogens (tertiary/aromatic N) is 1. The van der Waals surface area contributed by atoms with Gasteiger partial charge in [0.2, 0.25) is 5.91 Å². The summed E-state index contributed by atoms with van der Waals surface area (Å²) >= 11 is 0. The summed E-state index contributed by atoms with van der Waals surface area (Å²) in [4.78, 5) is 25.2. The van der Waals surface area contributed by atoms with Crippen molar-refractivity contribution in [3.8, 4) is 5.69 Å². The van der Waals surface area contributed by atoms with Crippen LogP contribution >= 0.6 is 0 Å². The fraction of sp³-hybridized carbons (Fsp3) is 0.217. The number of carbonyl (C=O) groups excluding carboxylic acids is 2. The van der Waals surface area contributed by atoms with Crippen molar-refractivity contribution in [1.82, 2.24) is 15.4 Å². The number of halogens is 1. The lowest BCUT2D eigenvalue weighted by Gasteiger charge is -2.16. The van der Waals surface area contributed by atoms with Gasteiger partial charge in [-0.05, 0) is 56.2 Å². The molecule has 2 N–H and O–H groups in total. The Labute approximate surface area is 169 Å². The van der Waals surface area contributed by atoms with Crippen molar-refractivity contribution in [3.63, 3.8) is 0 Å². The maximum atomic E-state index is 13.2. The summed E-state index contributed by atoms with van der Waals surface area (Å²) in [6.45, 7) is 5.61. The van der Waals surface area contributed by atoms with Gasteiger partial charge in [-0.25, -0.2) is 4.39 Å². The molecular weight excluding hydrogens is 369 g/mol. The Bertz CT molecular complexity index is 1010. The molecule has 0 spiro atoms. The molecule has 3 aromatic rings. The Hall–Kier alpha value is -3.41. The third-order valence-corrected chi connectivity index (χ3v) is 4.99. The van der Waals surface area contributed by atoms with Gasteiger partial charge in [0, 0.05) is 17.1 Å². The third kappa shape index (κ3) is 4.37. The van der Waals surface area contributed by atoms with Crippen LogP contribution in [0.2, 0.25) is 0 Å². The minimum absolute atomic E-state index is 0.264. The number of hydrogen-bond donors (Lipinski definition) is 2. The van der Waals surface area contributed by atoms with Gasteiger partial charge < -0.3 is 4.57 Å². The van der Waals surface area contributed by atoms with Crippen LogP contribution in [0.1, 0.15) is 46.6 Å². The van der Waals surface area contributed by atoms with Gasteiger partial charge in [-0.1, -0.05) is 37.3 Å². The van der Waals surface area contributed by atoms with Crippen molar-refractivity contribution >= 4 is 11.8 Å². The topological polar surface area (TPSA) is 63.1 Å². The summed E-state index contributed by atoms with van der Waals surface area (Å²) in [6.07, 6.45) is 0.616. The van der Waals surface area contributed by atoms with E-state index < -0.39 is 5.91 Å². The standard InChI is InChI=1S/C23H24FN3O2/c1-4-20(17-8-6-5-7-9-17)22(28)25-26-23(29)21-14-15(2)27(16(21)3)19-12-10-18(24)11-13-19/h5-14,20H,4H2,1-3H3,(H,25,28)(H,26,29). The molecule has 3 rings (SSSR count). The summed E-state index contributed by atoms with van der Waals surface area (Å²) in [6, 6.07) is 17.3. The average molecular weight is 393 g/mol. The number of amides is 2. The number of carbonyl (C=O) groups is 2. The van der Waals surface area contributed by atoms with Gasteiger partial charge in [0.1, 0.15) is 5.82 Å². The summed E-state index contributed by atoms with van der Waals surface area (Å²) in [5.41, 5.74) is 8.70. The summed E-state index contributed by atoms with van der Waals surface area (Å²) in [5, 5.41) is 0. The van der Waals surface area contributed by atoms with E-state index in [4.69, 9.17) is 0 Å². The molecule has 2 aromatic carbocycles. The highest BCUT2D eigenvalue weighted by molar-refractivity contribution is 5.97. The van der Waals surface area contributed by atoms with Gasteiger partial charge in [-0.3, -0.25) is 20.4 Å². The zero-order chi connectivity index (χ0) is 21.0. The van der Waals surface area contributed by atoms with Crippen molar-refractivity contribution in [3.05, 3.63) is 89.0 Å². The summed E-state index contributed by atoms with van der Waals surface area (Å²) < 4.78 is 15.1. The Morgan fingerprint density at radius 1 is 1.00 bits per heavy atom. The van der Waals surface area contributed by atoms with Crippen molar-refractivity contribution in [1.29, 1.82) is 0 Å². The van der Waals surface area contributed by atoms with Crippen molar-refractivity contribution in [2.75, 3.05) is 0 Å². The van der Waals surface area contributed by atoms with Crippen LogP contribution in [0.15, 0.2) is 60.7 Å². The molecule has 0 saturated carbocycles. The predicted octanol–water partition coefficient (Wildman–Crippen LogP) is 4.19. The number of rotatable bonds is 5. The van der Waals surface area contributed by atoms with Crippen molar-refractivity contribution in [2.24, 2.45) is 0 Å². The zero-order valence-corrected chi connectivity index (χ0v) is 16.7. The zero-order valence-electron chi connectivity index (χ0n) is 16.7. The molecule has 0 saturated heterocycles. The minimum atomic E-state index is -0.400. The van der Waals surface area contributed by atoms with Crippen LogP contribution in [-0.2, 0) is 4.79 Å². The maximum absolute atomic E-state index is 13.2. The molecule has 0 aliphatic heterocycles. The molecule has 150 valence electrons. The lowest BCUT2D eigenvalue weighted by Crippen LogP contribution is -2.44. The van der Waals surface area contributed by atoms with E-state index in [0.29, 0.717) is 17.7 Å². The van der Waals surface area contributed by atoms with Gasteiger partial charge in [-0.15, -0.1) is 0 Å². The number of hydrazine groups is 1. The van der Waals surface area contributed by atoms with E-state index >= 15 is 0 Å². The second kappa shape index (κ2) is 8.73. The molecule has 0 radical (unpaired) electrons. The van der Waals surface area contributed by atoms with Crippen LogP contribution in [0.5, 0.6) is 0 Å². The molecular formula is C23H24FN3O2. The van der Waals surface area contributed by atoms with E-state index in [-0.39, 0.29) is 17.6 Å². The number of benzene rings is 2. The highest BCUT2D eigenvalue weighted by Gasteiger charge is 2.21. The number of hydrogen-bond acceptors (Lipinski definition) is 2. The fourth-order valence-electron chi connectivity index (χ4n) is 3.51. The van der Waals surface area contributed by atoms with E-state index in [0.717, 1.165) is 16.9 Å². The van der Waals surface area contributed by atoms with E-state index in [1.54, 1.807) is 18.2 Å². The first-order valence-electron chi connectivity index (χ1n) is 9.52. The lowest BCUT2D eigenvalue weighted by atomic mass is 9.96. The molecule has 1 atom stereocenters. The van der Waals surface area contributed by atoms with Crippen molar-refractivity contribution < 1.29 is 14.0 Å².